The smallest absolute Gasteiger partial charge is 0.211 e. The van der Waals surface area contributed by atoms with E-state index in [1.165, 1.54) is 0 Å². The average Bonchev–Trinajstić information content (AvgIpc) is 2.39. The normalized spacial score (nSPS) is 15.7. The summed E-state index contributed by atoms with van der Waals surface area (Å²) in [6.45, 7) is 18.3. The maximum Gasteiger partial charge on any atom is 0.211 e. The molecule has 0 aliphatic heterocycles. The van der Waals surface area contributed by atoms with Gasteiger partial charge in [-0.15, -0.1) is 0 Å². The molecule has 132 valence electrons. The Balaban J connectivity index is 2.90. The first-order valence-electron chi connectivity index (χ1n) is 8.25. The van der Waals surface area contributed by atoms with E-state index in [1.807, 2.05) is 24.3 Å². The maximum absolute atomic E-state index is 6.31. The highest BCUT2D eigenvalue weighted by molar-refractivity contribution is 6.54. The molecule has 6 heteroatoms. The van der Waals surface area contributed by atoms with Gasteiger partial charge in [-0.05, 0) is 34.8 Å². The number of hydrogen-bond acceptors (Lipinski definition) is 3. The molecule has 0 spiro atoms. The Hall–Kier alpha value is -0.176. The van der Waals surface area contributed by atoms with Gasteiger partial charge in [-0.1, -0.05) is 76.6 Å². The number of hydrogen-bond donors (Lipinski definition) is 0. The predicted molar refractivity (Wildman–Crippen MR) is 105 cm³/mol. The number of halogens is 1. The van der Waals surface area contributed by atoms with Crippen molar-refractivity contribution >= 4 is 29.7 Å². The lowest BCUT2D eigenvalue weighted by molar-refractivity contribution is -0.276. The quantitative estimate of drug-likeness (QED) is 0.498. The second-order valence-electron chi connectivity index (χ2n) is 8.31. The molecule has 0 saturated heterocycles. The van der Waals surface area contributed by atoms with Gasteiger partial charge in [0.1, 0.15) is 0 Å². The van der Waals surface area contributed by atoms with Gasteiger partial charge in [0.05, 0.1) is 6.54 Å². The largest absolute Gasteiger partial charge is 0.325 e. The summed E-state index contributed by atoms with van der Waals surface area (Å²) in [6, 6.07) is 7.87. The maximum atomic E-state index is 6.31. The minimum Gasteiger partial charge on any atom is -0.325 e. The molecule has 0 fully saturated rings. The summed E-state index contributed by atoms with van der Waals surface area (Å²) in [7, 11) is -2.88. The zero-order valence-electron chi connectivity index (χ0n) is 15.8. The third-order valence-corrected chi connectivity index (χ3v) is 10.6. The topological polar surface area (TPSA) is 21.7 Å². The van der Waals surface area contributed by atoms with E-state index in [1.54, 1.807) is 5.23 Å². The number of benzene rings is 1. The Kier molecular flexibility index (Phi) is 7.50. The second-order valence-corrected chi connectivity index (χ2v) is 15.2. The van der Waals surface area contributed by atoms with Gasteiger partial charge < -0.3 is 9.05 Å². The highest BCUT2D eigenvalue weighted by Gasteiger charge is 2.30. The van der Waals surface area contributed by atoms with Crippen LogP contribution in [0.1, 0.15) is 47.1 Å². The van der Waals surface area contributed by atoms with Crippen LogP contribution < -0.4 is 0 Å². The van der Waals surface area contributed by atoms with E-state index in [-0.39, 0.29) is 10.1 Å². The zero-order chi connectivity index (χ0) is 17.8. The van der Waals surface area contributed by atoms with Crippen molar-refractivity contribution in [3.05, 3.63) is 34.9 Å². The monoisotopic (exact) mass is 373 g/mol. The van der Waals surface area contributed by atoms with Crippen molar-refractivity contribution in [1.82, 2.24) is 5.23 Å². The highest BCUT2D eigenvalue weighted by atomic mass is 35.5. The molecule has 0 aromatic heterocycles. The molecule has 0 radical (unpaired) electrons. The number of rotatable bonds is 6. The molecule has 0 N–H and O–H groups in total. The van der Waals surface area contributed by atoms with Crippen molar-refractivity contribution in [1.29, 1.82) is 0 Å². The molecule has 3 nitrogen and oxygen atoms in total. The summed E-state index contributed by atoms with van der Waals surface area (Å²) in [5.74, 6) is 0. The lowest BCUT2D eigenvalue weighted by Crippen LogP contribution is -2.41. The lowest BCUT2D eigenvalue weighted by Gasteiger charge is -2.35. The molecule has 0 amide bonds. The summed E-state index contributed by atoms with van der Waals surface area (Å²) < 4.78 is 12.5. The van der Waals surface area contributed by atoms with Gasteiger partial charge in [0.15, 0.2) is 0 Å². The molecule has 23 heavy (non-hydrogen) atoms. The summed E-state index contributed by atoms with van der Waals surface area (Å²) in [6.07, 6.45) is 0. The molecule has 1 aromatic rings. The Labute approximate surface area is 150 Å². The van der Waals surface area contributed by atoms with E-state index < -0.39 is 18.1 Å². The van der Waals surface area contributed by atoms with Crippen LogP contribution >= 0.6 is 11.6 Å². The van der Waals surface area contributed by atoms with Crippen LogP contribution in [0.2, 0.25) is 28.2 Å². The van der Waals surface area contributed by atoms with Gasteiger partial charge in [0, 0.05) is 5.02 Å². The first-order valence-corrected chi connectivity index (χ1v) is 13.0. The van der Waals surface area contributed by atoms with Crippen molar-refractivity contribution in [3.63, 3.8) is 0 Å². The summed E-state index contributed by atoms with van der Waals surface area (Å²) in [4.78, 5) is 0. The van der Waals surface area contributed by atoms with Crippen LogP contribution in [-0.2, 0) is 15.6 Å². The molecule has 1 aromatic carbocycles. The number of hydroxylamine groups is 2. The molecule has 2 atom stereocenters. The fourth-order valence-electron chi connectivity index (χ4n) is 1.53. The summed E-state index contributed by atoms with van der Waals surface area (Å²) in [5.41, 5.74) is 1.03. The van der Waals surface area contributed by atoms with E-state index in [0.717, 1.165) is 10.6 Å². The fourth-order valence-corrected chi connectivity index (χ4v) is 3.42. The highest BCUT2D eigenvalue weighted by Crippen LogP contribution is 2.31. The van der Waals surface area contributed by atoms with Crippen molar-refractivity contribution in [2.45, 2.75) is 71.3 Å². The number of nitrogens with zero attached hydrogens (tertiary/aromatic N) is 1. The minimum absolute atomic E-state index is 0.175. The SMILES string of the molecule is C[SiH](ON(Cc1ccccc1Cl)O[SiH](C)C(C)(C)C)C(C)(C)C. The van der Waals surface area contributed by atoms with E-state index in [4.69, 9.17) is 20.7 Å². The Morgan fingerprint density at radius 3 is 1.74 bits per heavy atom. The molecular formula is C17H32ClNO2Si2. The lowest BCUT2D eigenvalue weighted by atomic mass is 10.2. The van der Waals surface area contributed by atoms with Crippen molar-refractivity contribution < 1.29 is 9.05 Å². The van der Waals surface area contributed by atoms with Crippen LogP contribution in [0.4, 0.5) is 0 Å². The molecule has 1 rings (SSSR count). The average molecular weight is 374 g/mol. The zero-order valence-corrected chi connectivity index (χ0v) is 18.9. The molecule has 0 aliphatic carbocycles. The van der Waals surface area contributed by atoms with Gasteiger partial charge in [0.2, 0.25) is 18.1 Å². The molecular weight excluding hydrogens is 342 g/mol. The molecule has 0 bridgehead atoms. The molecule has 0 heterocycles. The van der Waals surface area contributed by atoms with Crippen LogP contribution in [0.25, 0.3) is 0 Å². The minimum atomic E-state index is -1.44. The van der Waals surface area contributed by atoms with Crippen LogP contribution in [0.15, 0.2) is 24.3 Å². The Morgan fingerprint density at radius 1 is 0.913 bits per heavy atom. The summed E-state index contributed by atoms with van der Waals surface area (Å²) in [5, 5.41) is 2.81. The first-order chi connectivity index (χ1) is 10.4. The molecule has 0 saturated carbocycles. The fraction of sp³-hybridized carbons (Fsp3) is 0.647. The van der Waals surface area contributed by atoms with Gasteiger partial charge in [-0.3, -0.25) is 0 Å². The van der Waals surface area contributed by atoms with Gasteiger partial charge >= 0.3 is 0 Å². The van der Waals surface area contributed by atoms with Crippen LogP contribution in [0.3, 0.4) is 0 Å². The second kappa shape index (κ2) is 8.27. The van der Waals surface area contributed by atoms with Crippen LogP contribution in [-0.4, -0.2) is 23.3 Å². The van der Waals surface area contributed by atoms with E-state index in [9.17, 15) is 0 Å². The summed E-state index contributed by atoms with van der Waals surface area (Å²) >= 11 is 6.31. The van der Waals surface area contributed by atoms with Crippen molar-refractivity contribution in [2.24, 2.45) is 0 Å². The van der Waals surface area contributed by atoms with Gasteiger partial charge in [-0.25, -0.2) is 0 Å². The van der Waals surface area contributed by atoms with Crippen LogP contribution in [0, 0.1) is 0 Å². The van der Waals surface area contributed by atoms with Crippen molar-refractivity contribution in [2.75, 3.05) is 0 Å². The van der Waals surface area contributed by atoms with E-state index in [0.29, 0.717) is 6.54 Å². The van der Waals surface area contributed by atoms with Gasteiger partial charge in [-0.2, -0.15) is 0 Å². The molecule has 0 aliphatic rings. The van der Waals surface area contributed by atoms with Gasteiger partial charge in [0.25, 0.3) is 0 Å². The third-order valence-electron chi connectivity index (χ3n) is 4.25. The third kappa shape index (κ3) is 7.07. The Morgan fingerprint density at radius 2 is 1.35 bits per heavy atom. The van der Waals surface area contributed by atoms with Crippen LogP contribution in [0.5, 0.6) is 0 Å². The van der Waals surface area contributed by atoms with E-state index in [2.05, 4.69) is 54.6 Å². The first kappa shape index (κ1) is 20.9. The predicted octanol–water partition coefficient (Wildman–Crippen LogP) is 5.31. The van der Waals surface area contributed by atoms with Crippen molar-refractivity contribution in [3.8, 4) is 0 Å². The Bertz CT molecular complexity index is 478. The van der Waals surface area contributed by atoms with E-state index >= 15 is 0 Å². The molecule has 2 unspecified atom stereocenters. The standard InChI is InChI=1S/C17H32ClNO2Si2/c1-16(2,3)22(7)20-19(21-23(8)17(4,5)6)13-14-11-9-10-12-15(14)18/h9-12,22-23H,13H2,1-8H3.